The van der Waals surface area contributed by atoms with Crippen molar-refractivity contribution >= 4 is 13.4 Å². The molecule has 4 nitrogen and oxygen atoms in total. The first-order chi connectivity index (χ1) is 5.87. The first-order valence-electron chi connectivity index (χ1n) is 4.08. The van der Waals surface area contributed by atoms with Crippen LogP contribution >= 0.6 is 7.60 Å². The number of halogens is 1. The Hall–Kier alpha value is -0.250. The predicted octanol–water partition coefficient (Wildman–Crippen LogP) is 1.26. The van der Waals surface area contributed by atoms with Gasteiger partial charge in [-0.15, -0.1) is 0 Å². The van der Waals surface area contributed by atoms with E-state index < -0.39 is 25.7 Å². The van der Waals surface area contributed by atoms with E-state index in [1.54, 1.807) is 0 Å². The number of carbonyl (C=O) groups is 1. The van der Waals surface area contributed by atoms with Crippen LogP contribution in [0.1, 0.15) is 26.2 Å². The standard InChI is InChI=1S/C7H14FO4P/c1-2-3-4-6(8)7(9)5-13(10,11)12/h6H,2-5H2,1H3,(H2,10,11,12)/t6-/m1/s1. The van der Waals surface area contributed by atoms with E-state index in [4.69, 9.17) is 9.79 Å². The van der Waals surface area contributed by atoms with Gasteiger partial charge in [0.2, 0.25) is 0 Å². The van der Waals surface area contributed by atoms with Crippen LogP contribution in [0.3, 0.4) is 0 Å². The van der Waals surface area contributed by atoms with E-state index in [0.717, 1.165) is 6.42 Å². The van der Waals surface area contributed by atoms with E-state index in [1.807, 2.05) is 6.92 Å². The van der Waals surface area contributed by atoms with Crippen LogP contribution in [0.5, 0.6) is 0 Å². The maximum Gasteiger partial charge on any atom is 0.333 e. The Labute approximate surface area is 76.3 Å². The SMILES string of the molecule is CCCC[C@@H](F)C(=O)CP(=O)(O)O. The second-order valence-corrected chi connectivity index (χ2v) is 4.54. The lowest BCUT2D eigenvalue weighted by atomic mass is 10.1. The maximum absolute atomic E-state index is 12.8. The molecule has 0 fully saturated rings. The predicted molar refractivity (Wildman–Crippen MR) is 46.3 cm³/mol. The summed E-state index contributed by atoms with van der Waals surface area (Å²) in [5.41, 5.74) is 0. The van der Waals surface area contributed by atoms with Gasteiger partial charge in [-0.2, -0.15) is 0 Å². The van der Waals surface area contributed by atoms with E-state index in [9.17, 15) is 13.8 Å². The molecule has 2 N–H and O–H groups in total. The minimum atomic E-state index is -4.40. The molecule has 0 aliphatic carbocycles. The number of hydrogen-bond donors (Lipinski definition) is 2. The van der Waals surface area contributed by atoms with Crippen LogP contribution in [0.15, 0.2) is 0 Å². The van der Waals surface area contributed by atoms with Crippen LogP contribution < -0.4 is 0 Å². The van der Waals surface area contributed by atoms with Crippen molar-refractivity contribution in [1.82, 2.24) is 0 Å². The summed E-state index contributed by atoms with van der Waals surface area (Å²) in [4.78, 5) is 27.6. The third-order valence-electron chi connectivity index (χ3n) is 1.52. The van der Waals surface area contributed by atoms with Gasteiger partial charge in [-0.05, 0) is 6.42 Å². The van der Waals surface area contributed by atoms with Crippen LogP contribution in [0.25, 0.3) is 0 Å². The Morgan fingerprint density at radius 1 is 1.54 bits per heavy atom. The van der Waals surface area contributed by atoms with Gasteiger partial charge >= 0.3 is 7.60 Å². The highest BCUT2D eigenvalue weighted by atomic mass is 31.2. The fourth-order valence-electron chi connectivity index (χ4n) is 0.846. The second kappa shape index (κ2) is 5.47. The molecule has 0 unspecified atom stereocenters. The van der Waals surface area contributed by atoms with E-state index in [1.165, 1.54) is 0 Å². The number of carbonyl (C=O) groups excluding carboxylic acids is 1. The molecule has 0 rings (SSSR count). The molecule has 1 atom stereocenters. The van der Waals surface area contributed by atoms with Crippen molar-refractivity contribution in [3.8, 4) is 0 Å². The van der Waals surface area contributed by atoms with Crippen LogP contribution in [-0.4, -0.2) is 27.9 Å². The topological polar surface area (TPSA) is 74.6 Å². The van der Waals surface area contributed by atoms with Gasteiger partial charge in [-0.25, -0.2) is 4.39 Å². The molecule has 0 bridgehead atoms. The highest BCUT2D eigenvalue weighted by molar-refractivity contribution is 7.52. The van der Waals surface area contributed by atoms with Crippen molar-refractivity contribution in [2.45, 2.75) is 32.4 Å². The lowest BCUT2D eigenvalue weighted by molar-refractivity contribution is -0.121. The van der Waals surface area contributed by atoms with Crippen molar-refractivity contribution in [2.75, 3.05) is 6.16 Å². The average molecular weight is 212 g/mol. The molecule has 6 heteroatoms. The molecule has 0 heterocycles. The van der Waals surface area contributed by atoms with Gasteiger partial charge in [0.25, 0.3) is 0 Å². The summed E-state index contributed by atoms with van der Waals surface area (Å²) in [6, 6.07) is 0. The van der Waals surface area contributed by atoms with E-state index in [2.05, 4.69) is 0 Å². The number of unbranched alkanes of at least 4 members (excludes halogenated alkanes) is 1. The second-order valence-electron chi connectivity index (χ2n) is 2.90. The van der Waals surface area contributed by atoms with Crippen LogP contribution in [0.2, 0.25) is 0 Å². The van der Waals surface area contributed by atoms with Crippen molar-refractivity contribution in [2.24, 2.45) is 0 Å². The Bertz CT molecular complexity index is 213. The van der Waals surface area contributed by atoms with E-state index in [-0.39, 0.29) is 6.42 Å². The fourth-order valence-corrected chi connectivity index (χ4v) is 1.45. The van der Waals surface area contributed by atoms with Crippen molar-refractivity contribution in [3.63, 3.8) is 0 Å². The van der Waals surface area contributed by atoms with Gasteiger partial charge in [0.05, 0.1) is 0 Å². The van der Waals surface area contributed by atoms with Gasteiger partial charge in [0.1, 0.15) is 6.16 Å². The molecule has 78 valence electrons. The van der Waals surface area contributed by atoms with E-state index in [0.29, 0.717) is 6.42 Å². The zero-order valence-electron chi connectivity index (χ0n) is 7.44. The fraction of sp³-hybridized carbons (Fsp3) is 0.857. The summed E-state index contributed by atoms with van der Waals surface area (Å²) >= 11 is 0. The molecule has 0 aromatic carbocycles. The van der Waals surface area contributed by atoms with Crippen LogP contribution in [0, 0.1) is 0 Å². The summed E-state index contributed by atoms with van der Waals surface area (Å²) in [5.74, 6) is -0.998. The van der Waals surface area contributed by atoms with Gasteiger partial charge in [0, 0.05) is 0 Å². The van der Waals surface area contributed by atoms with Crippen molar-refractivity contribution in [1.29, 1.82) is 0 Å². The number of alkyl halides is 1. The number of ketones is 1. The van der Waals surface area contributed by atoms with Crippen LogP contribution in [-0.2, 0) is 9.36 Å². The lowest BCUT2D eigenvalue weighted by Gasteiger charge is -2.06. The molecule has 0 radical (unpaired) electrons. The van der Waals surface area contributed by atoms with Gasteiger partial charge in [0.15, 0.2) is 12.0 Å². The Morgan fingerprint density at radius 2 is 2.08 bits per heavy atom. The summed E-state index contributed by atoms with van der Waals surface area (Å²) in [6.45, 7) is 1.85. The minimum absolute atomic E-state index is 0.0509. The Morgan fingerprint density at radius 3 is 2.46 bits per heavy atom. The third-order valence-corrected chi connectivity index (χ3v) is 2.25. The molecule has 0 amide bonds. The molecule has 0 aliphatic rings. The third kappa shape index (κ3) is 6.87. The summed E-state index contributed by atoms with van der Waals surface area (Å²) in [6.07, 6.45) is -1.36. The molecule has 0 aromatic heterocycles. The highest BCUT2D eigenvalue weighted by Crippen LogP contribution is 2.34. The molecule has 0 saturated carbocycles. The zero-order valence-corrected chi connectivity index (χ0v) is 8.34. The molecule has 0 aromatic rings. The normalized spacial score (nSPS) is 14.2. The molecular formula is C7H14FO4P. The largest absolute Gasteiger partial charge is 0.333 e. The Kier molecular flexibility index (Phi) is 5.37. The molecule has 0 aliphatic heterocycles. The van der Waals surface area contributed by atoms with Gasteiger partial charge < -0.3 is 9.79 Å². The number of hydrogen-bond acceptors (Lipinski definition) is 2. The van der Waals surface area contributed by atoms with Gasteiger partial charge in [-0.1, -0.05) is 19.8 Å². The molecule has 0 saturated heterocycles. The first kappa shape index (κ1) is 12.8. The Balaban J connectivity index is 3.90. The number of rotatable bonds is 6. The van der Waals surface area contributed by atoms with Crippen molar-refractivity contribution < 1.29 is 23.5 Å². The summed E-state index contributed by atoms with van der Waals surface area (Å²) in [5, 5.41) is 0. The summed E-state index contributed by atoms with van der Waals surface area (Å²) < 4.78 is 23.1. The highest BCUT2D eigenvalue weighted by Gasteiger charge is 2.25. The molecular weight excluding hydrogens is 198 g/mol. The van der Waals surface area contributed by atoms with Gasteiger partial charge in [-0.3, -0.25) is 9.36 Å². The quantitative estimate of drug-likeness (QED) is 0.650. The molecule has 13 heavy (non-hydrogen) atoms. The smallest absolute Gasteiger partial charge is 0.324 e. The minimum Gasteiger partial charge on any atom is -0.324 e. The average Bonchev–Trinajstić information content (AvgIpc) is 1.96. The lowest BCUT2D eigenvalue weighted by Crippen LogP contribution is -2.19. The van der Waals surface area contributed by atoms with Crippen molar-refractivity contribution in [3.05, 3.63) is 0 Å². The first-order valence-corrected chi connectivity index (χ1v) is 5.88. The zero-order chi connectivity index (χ0) is 10.5. The number of Topliss-reactive ketones (excluding diaryl/α,β-unsaturated/α-hetero) is 1. The van der Waals surface area contributed by atoms with E-state index >= 15 is 0 Å². The molecule has 0 spiro atoms. The van der Waals surface area contributed by atoms with Crippen LogP contribution in [0.4, 0.5) is 4.39 Å². The monoisotopic (exact) mass is 212 g/mol. The maximum atomic E-state index is 12.8. The summed E-state index contributed by atoms with van der Waals surface area (Å²) in [7, 11) is -4.40.